The molecule has 252 valence electrons. The maximum absolute atomic E-state index is 14.8. The second kappa shape index (κ2) is 14.3. The van der Waals surface area contributed by atoms with E-state index in [0.717, 1.165) is 11.1 Å². The van der Waals surface area contributed by atoms with Crippen LogP contribution < -0.4 is 14.2 Å². The summed E-state index contributed by atoms with van der Waals surface area (Å²) in [7, 11) is -5.61. The SMILES string of the molecule is CCOC(=O)C1=C[C@H](C(NS(=O)(=O)c2ccc(C)cc2)c2ccc(OC)cc2)N(S(=O)(=O)c2ccc(C)cc2)[C@@H]1c1ccc(OC)cc1. The van der Waals surface area contributed by atoms with Crippen LogP contribution in [-0.4, -0.2) is 54.0 Å². The zero-order valence-electron chi connectivity index (χ0n) is 27.3. The summed E-state index contributed by atoms with van der Waals surface area (Å²) in [5, 5.41) is 0. The lowest BCUT2D eigenvalue weighted by molar-refractivity contribution is -0.138. The van der Waals surface area contributed by atoms with E-state index in [1.165, 1.54) is 48.9 Å². The molecule has 4 aromatic carbocycles. The van der Waals surface area contributed by atoms with Crippen molar-refractivity contribution in [1.29, 1.82) is 0 Å². The minimum Gasteiger partial charge on any atom is -0.497 e. The number of carbonyl (C=O) groups is 1. The number of hydrogen-bond acceptors (Lipinski definition) is 8. The Bertz CT molecular complexity index is 1990. The molecule has 1 heterocycles. The van der Waals surface area contributed by atoms with Gasteiger partial charge in [-0.05, 0) is 80.4 Å². The molecule has 48 heavy (non-hydrogen) atoms. The van der Waals surface area contributed by atoms with E-state index in [0.29, 0.717) is 22.6 Å². The number of sulfonamides is 2. The lowest BCUT2D eigenvalue weighted by Gasteiger charge is -2.35. The number of nitrogens with zero attached hydrogens (tertiary/aromatic N) is 1. The minimum atomic E-state index is -4.41. The summed E-state index contributed by atoms with van der Waals surface area (Å²) in [5.74, 6) is 0.331. The zero-order valence-corrected chi connectivity index (χ0v) is 28.9. The lowest BCUT2D eigenvalue weighted by Crippen LogP contribution is -2.47. The Kier molecular flexibility index (Phi) is 10.4. The summed E-state index contributed by atoms with van der Waals surface area (Å²) < 4.78 is 77.7. The molecule has 3 atom stereocenters. The van der Waals surface area contributed by atoms with E-state index in [2.05, 4.69) is 4.72 Å². The zero-order chi connectivity index (χ0) is 34.6. The first-order valence-corrected chi connectivity index (χ1v) is 18.2. The van der Waals surface area contributed by atoms with Crippen LogP contribution in [0.25, 0.3) is 0 Å². The Balaban J connectivity index is 1.76. The lowest BCUT2D eigenvalue weighted by atomic mass is 9.99. The van der Waals surface area contributed by atoms with Crippen molar-refractivity contribution >= 4 is 26.0 Å². The van der Waals surface area contributed by atoms with Gasteiger partial charge in [-0.2, -0.15) is 4.31 Å². The van der Waals surface area contributed by atoms with Gasteiger partial charge >= 0.3 is 5.97 Å². The Hall–Kier alpha value is -4.49. The highest BCUT2D eigenvalue weighted by Crippen LogP contribution is 2.45. The normalized spacial score (nSPS) is 17.4. The molecule has 1 N–H and O–H groups in total. The largest absolute Gasteiger partial charge is 0.497 e. The molecule has 0 aliphatic carbocycles. The van der Waals surface area contributed by atoms with Crippen molar-refractivity contribution in [1.82, 2.24) is 9.03 Å². The Morgan fingerprint density at radius 3 is 1.75 bits per heavy atom. The third-order valence-electron chi connectivity index (χ3n) is 8.16. The smallest absolute Gasteiger partial charge is 0.335 e. The maximum Gasteiger partial charge on any atom is 0.335 e. The van der Waals surface area contributed by atoms with Crippen molar-refractivity contribution in [3.05, 3.63) is 131 Å². The number of carbonyl (C=O) groups excluding carboxylic acids is 1. The molecule has 10 nitrogen and oxygen atoms in total. The monoisotopic (exact) mass is 690 g/mol. The van der Waals surface area contributed by atoms with E-state index in [9.17, 15) is 21.6 Å². The van der Waals surface area contributed by atoms with Crippen LogP contribution >= 0.6 is 0 Å². The van der Waals surface area contributed by atoms with E-state index in [4.69, 9.17) is 14.2 Å². The topological polar surface area (TPSA) is 128 Å². The van der Waals surface area contributed by atoms with Crippen LogP contribution in [-0.2, 0) is 29.6 Å². The Morgan fingerprint density at radius 2 is 1.25 bits per heavy atom. The third kappa shape index (κ3) is 7.16. The number of benzene rings is 4. The van der Waals surface area contributed by atoms with E-state index >= 15 is 0 Å². The second-order valence-corrected chi connectivity index (χ2v) is 14.9. The molecule has 0 saturated heterocycles. The molecule has 0 bridgehead atoms. The first kappa shape index (κ1) is 34.8. The van der Waals surface area contributed by atoms with E-state index < -0.39 is 44.1 Å². The first-order chi connectivity index (χ1) is 22.9. The van der Waals surface area contributed by atoms with Crippen LogP contribution in [0.15, 0.2) is 119 Å². The Labute approximate surface area is 282 Å². The summed E-state index contributed by atoms with van der Waals surface area (Å²) in [6.45, 7) is 5.39. The van der Waals surface area contributed by atoms with Crippen LogP contribution in [0.1, 0.15) is 41.3 Å². The highest BCUT2D eigenvalue weighted by molar-refractivity contribution is 7.89. The van der Waals surface area contributed by atoms with Crippen molar-refractivity contribution in [2.45, 2.75) is 48.7 Å². The summed E-state index contributed by atoms with van der Waals surface area (Å²) in [6.07, 6.45) is 1.49. The predicted octanol–water partition coefficient (Wildman–Crippen LogP) is 5.64. The first-order valence-electron chi connectivity index (χ1n) is 15.3. The number of methoxy groups -OCH3 is 2. The molecule has 0 fully saturated rings. The number of esters is 1. The van der Waals surface area contributed by atoms with Crippen LogP contribution in [0, 0.1) is 13.8 Å². The average Bonchev–Trinajstić information content (AvgIpc) is 3.49. The molecule has 5 rings (SSSR count). The molecule has 0 saturated carbocycles. The number of aryl methyl sites for hydroxylation is 2. The maximum atomic E-state index is 14.8. The van der Waals surface area contributed by atoms with Gasteiger partial charge in [0.2, 0.25) is 20.0 Å². The van der Waals surface area contributed by atoms with Crippen LogP contribution in [0.2, 0.25) is 0 Å². The van der Waals surface area contributed by atoms with Crippen LogP contribution in [0.4, 0.5) is 0 Å². The van der Waals surface area contributed by atoms with Gasteiger partial charge in [-0.25, -0.2) is 26.4 Å². The highest BCUT2D eigenvalue weighted by Gasteiger charge is 2.50. The molecule has 1 aliphatic rings. The number of hydrogen-bond donors (Lipinski definition) is 1. The van der Waals surface area contributed by atoms with Crippen molar-refractivity contribution in [3.63, 3.8) is 0 Å². The predicted molar refractivity (Wildman–Crippen MR) is 182 cm³/mol. The molecule has 1 unspecified atom stereocenters. The molecule has 0 aromatic heterocycles. The molecule has 1 aliphatic heterocycles. The van der Waals surface area contributed by atoms with Crippen molar-refractivity contribution in [2.75, 3.05) is 20.8 Å². The quantitative estimate of drug-likeness (QED) is 0.189. The van der Waals surface area contributed by atoms with E-state index in [1.54, 1.807) is 79.7 Å². The van der Waals surface area contributed by atoms with Crippen LogP contribution in [0.3, 0.4) is 0 Å². The summed E-state index contributed by atoms with van der Waals surface area (Å²) in [4.78, 5) is 13.6. The van der Waals surface area contributed by atoms with Gasteiger partial charge in [-0.1, -0.05) is 65.7 Å². The minimum absolute atomic E-state index is 0.00106. The summed E-state index contributed by atoms with van der Waals surface area (Å²) >= 11 is 0. The standard InChI is InChI=1S/C36H38N2O8S2/c1-6-46-36(39)32-23-33(34(26-11-15-28(44-4)16-12-26)37-47(40,41)30-19-7-24(2)8-20-30)38(35(32)27-13-17-29(45-5)18-14-27)48(42,43)31-21-9-25(3)10-22-31/h7-23,33-35,37H,6H2,1-5H3/t33-,34?,35-/m1/s1. The fourth-order valence-electron chi connectivity index (χ4n) is 5.64. The summed E-state index contributed by atoms with van der Waals surface area (Å²) in [5.41, 5.74) is 2.68. The molecule has 0 spiro atoms. The summed E-state index contributed by atoms with van der Waals surface area (Å²) in [6, 6.07) is 22.4. The van der Waals surface area contributed by atoms with Crippen molar-refractivity contribution in [3.8, 4) is 11.5 Å². The average molecular weight is 691 g/mol. The number of nitrogens with one attached hydrogen (secondary N) is 1. The van der Waals surface area contributed by atoms with Crippen molar-refractivity contribution in [2.24, 2.45) is 0 Å². The van der Waals surface area contributed by atoms with Gasteiger partial charge in [0.1, 0.15) is 11.5 Å². The molecular formula is C36H38N2O8S2. The van der Waals surface area contributed by atoms with Gasteiger partial charge in [0.25, 0.3) is 0 Å². The van der Waals surface area contributed by atoms with Gasteiger partial charge < -0.3 is 14.2 Å². The van der Waals surface area contributed by atoms with Crippen LogP contribution in [0.5, 0.6) is 11.5 Å². The van der Waals surface area contributed by atoms with E-state index in [-0.39, 0.29) is 22.0 Å². The van der Waals surface area contributed by atoms with Gasteiger partial charge in [-0.15, -0.1) is 0 Å². The number of rotatable bonds is 12. The molecule has 4 aromatic rings. The second-order valence-electron chi connectivity index (χ2n) is 11.3. The van der Waals surface area contributed by atoms with Gasteiger partial charge in [0, 0.05) is 0 Å². The van der Waals surface area contributed by atoms with E-state index in [1.807, 2.05) is 13.8 Å². The Morgan fingerprint density at radius 1 is 0.750 bits per heavy atom. The van der Waals surface area contributed by atoms with Gasteiger partial charge in [0.05, 0.1) is 54.3 Å². The van der Waals surface area contributed by atoms with Gasteiger partial charge in [0.15, 0.2) is 0 Å². The third-order valence-corrected chi connectivity index (χ3v) is 11.5. The fourth-order valence-corrected chi connectivity index (χ4v) is 8.62. The molecule has 12 heteroatoms. The fraction of sp³-hybridized carbons (Fsp3) is 0.250. The van der Waals surface area contributed by atoms with Gasteiger partial charge in [-0.3, -0.25) is 0 Å². The molecule has 0 radical (unpaired) electrons. The molecule has 0 amide bonds. The molecular weight excluding hydrogens is 653 g/mol. The number of ether oxygens (including phenoxy) is 3. The van der Waals surface area contributed by atoms with Crippen molar-refractivity contribution < 1.29 is 35.8 Å². The highest BCUT2D eigenvalue weighted by atomic mass is 32.2.